The molecule has 0 fully saturated rings. The molecule has 0 atom stereocenters. The molecule has 8 nitrogen and oxygen atoms in total. The van der Waals surface area contributed by atoms with Gasteiger partial charge in [0.1, 0.15) is 6.54 Å². The highest BCUT2D eigenvalue weighted by Crippen LogP contribution is 1.87. The van der Waals surface area contributed by atoms with Crippen molar-refractivity contribution in [3.8, 4) is 0 Å². The van der Waals surface area contributed by atoms with Crippen molar-refractivity contribution in [2.24, 2.45) is 0 Å². The Bertz CT molecular complexity index is 587. The summed E-state index contributed by atoms with van der Waals surface area (Å²) in [6, 6.07) is 0. The predicted molar refractivity (Wildman–Crippen MR) is 66.2 cm³/mol. The molecule has 0 aliphatic carbocycles. The lowest BCUT2D eigenvalue weighted by Gasteiger charge is -2.06. The summed E-state index contributed by atoms with van der Waals surface area (Å²) in [5.74, 6) is -0.986. The van der Waals surface area contributed by atoms with E-state index in [2.05, 4.69) is 10.3 Å². The molecule has 0 aliphatic rings. The number of nitrogens with zero attached hydrogens (tertiary/aromatic N) is 1. The number of carbonyl (C=O) groups is 2. The third kappa shape index (κ3) is 3.88. The molecule has 1 rings (SSSR count). The summed E-state index contributed by atoms with van der Waals surface area (Å²) in [4.78, 5) is 48.2. The van der Waals surface area contributed by atoms with Crippen LogP contribution >= 0.6 is 0 Å². The number of H-pyrrole nitrogens is 1. The molecule has 19 heavy (non-hydrogen) atoms. The molecule has 0 saturated heterocycles. The van der Waals surface area contributed by atoms with Gasteiger partial charge in [-0.1, -0.05) is 0 Å². The molecule has 0 saturated carbocycles. The zero-order chi connectivity index (χ0) is 14.4. The van der Waals surface area contributed by atoms with Gasteiger partial charge in [0.05, 0.1) is 12.2 Å². The smallest absolute Gasteiger partial charge is 0.328 e. The molecule has 0 aromatic carbocycles. The number of rotatable bonds is 6. The Morgan fingerprint density at radius 2 is 2.11 bits per heavy atom. The standard InChI is InChI=1S/C11H15N3O5/c1-7(15)8-5-13-11(18)14(10(8)17)6-9(16)12-3-4-19-2/h5H,3-4,6H2,1-2H3,(H,12,16)(H,13,18). The summed E-state index contributed by atoms with van der Waals surface area (Å²) < 4.78 is 5.42. The Kier molecular flexibility index (Phi) is 5.19. The van der Waals surface area contributed by atoms with Crippen LogP contribution in [0, 0.1) is 0 Å². The van der Waals surface area contributed by atoms with Crippen LogP contribution < -0.4 is 16.6 Å². The Labute approximate surface area is 108 Å². The maximum absolute atomic E-state index is 11.8. The lowest BCUT2D eigenvalue weighted by Crippen LogP contribution is -2.42. The van der Waals surface area contributed by atoms with Crippen LogP contribution in [0.25, 0.3) is 0 Å². The van der Waals surface area contributed by atoms with E-state index < -0.39 is 29.5 Å². The molecule has 1 aromatic heterocycles. The quantitative estimate of drug-likeness (QED) is 0.482. The first kappa shape index (κ1) is 14.8. The summed E-state index contributed by atoms with van der Waals surface area (Å²) in [6.07, 6.45) is 1.05. The molecule has 0 unspecified atom stereocenters. The van der Waals surface area contributed by atoms with Gasteiger partial charge in [-0.3, -0.25) is 19.0 Å². The van der Waals surface area contributed by atoms with Gasteiger partial charge >= 0.3 is 5.69 Å². The first-order chi connectivity index (χ1) is 8.97. The van der Waals surface area contributed by atoms with Gasteiger partial charge in [0, 0.05) is 19.9 Å². The first-order valence-electron chi connectivity index (χ1n) is 5.56. The maximum Gasteiger partial charge on any atom is 0.328 e. The molecular weight excluding hydrogens is 254 g/mol. The van der Waals surface area contributed by atoms with Crippen LogP contribution in [-0.2, 0) is 16.1 Å². The second-order valence-electron chi connectivity index (χ2n) is 3.80. The summed E-state index contributed by atoms with van der Waals surface area (Å²) >= 11 is 0. The third-order valence-corrected chi connectivity index (χ3v) is 2.37. The number of amides is 1. The highest BCUT2D eigenvalue weighted by atomic mass is 16.5. The molecule has 8 heteroatoms. The van der Waals surface area contributed by atoms with Gasteiger partial charge in [-0.2, -0.15) is 0 Å². The number of carbonyl (C=O) groups excluding carboxylic acids is 2. The largest absolute Gasteiger partial charge is 0.383 e. The summed E-state index contributed by atoms with van der Waals surface area (Å²) in [5.41, 5.74) is -1.68. The van der Waals surface area contributed by atoms with Gasteiger partial charge in [-0.25, -0.2) is 4.79 Å². The van der Waals surface area contributed by atoms with Crippen molar-refractivity contribution in [2.75, 3.05) is 20.3 Å². The minimum atomic E-state index is -0.779. The SMILES string of the molecule is COCCNC(=O)Cn1c(=O)[nH]cc(C(C)=O)c1=O. The molecule has 1 heterocycles. The topological polar surface area (TPSA) is 110 Å². The Morgan fingerprint density at radius 3 is 2.68 bits per heavy atom. The molecule has 0 radical (unpaired) electrons. The van der Waals surface area contributed by atoms with Crippen LogP contribution in [0.1, 0.15) is 17.3 Å². The van der Waals surface area contributed by atoms with Crippen LogP contribution in [0.4, 0.5) is 0 Å². The minimum Gasteiger partial charge on any atom is -0.383 e. The Hall–Kier alpha value is -2.22. The average molecular weight is 269 g/mol. The fourth-order valence-electron chi connectivity index (χ4n) is 1.40. The number of ketones is 1. The molecular formula is C11H15N3O5. The van der Waals surface area contributed by atoms with Crippen molar-refractivity contribution in [1.82, 2.24) is 14.9 Å². The number of nitrogens with one attached hydrogen (secondary N) is 2. The number of Topliss-reactive ketones (excluding diaryl/α,β-unsaturated/α-hetero) is 1. The van der Waals surface area contributed by atoms with Crippen molar-refractivity contribution in [1.29, 1.82) is 0 Å². The highest BCUT2D eigenvalue weighted by molar-refractivity contribution is 5.93. The molecule has 0 spiro atoms. The van der Waals surface area contributed by atoms with Crippen molar-refractivity contribution >= 4 is 11.7 Å². The fraction of sp³-hybridized carbons (Fsp3) is 0.455. The molecule has 2 N–H and O–H groups in total. The zero-order valence-electron chi connectivity index (χ0n) is 10.7. The maximum atomic E-state index is 11.8. The second-order valence-corrected chi connectivity index (χ2v) is 3.80. The summed E-state index contributed by atoms with van der Waals surface area (Å²) in [5, 5.41) is 2.47. The number of hydrogen-bond donors (Lipinski definition) is 2. The van der Waals surface area contributed by atoms with E-state index in [9.17, 15) is 19.2 Å². The van der Waals surface area contributed by atoms with Crippen LogP contribution in [0.3, 0.4) is 0 Å². The molecule has 0 bridgehead atoms. The lowest BCUT2D eigenvalue weighted by atomic mass is 10.2. The van der Waals surface area contributed by atoms with E-state index >= 15 is 0 Å². The van der Waals surface area contributed by atoms with Crippen molar-refractivity contribution in [2.45, 2.75) is 13.5 Å². The van der Waals surface area contributed by atoms with Gasteiger partial charge in [0.25, 0.3) is 5.56 Å². The minimum absolute atomic E-state index is 0.163. The van der Waals surface area contributed by atoms with Crippen LogP contribution in [-0.4, -0.2) is 41.5 Å². The molecule has 1 aromatic rings. The first-order valence-corrected chi connectivity index (χ1v) is 5.56. The number of aromatic amines is 1. The predicted octanol–water partition coefficient (Wildman–Crippen LogP) is -1.50. The van der Waals surface area contributed by atoms with Crippen molar-refractivity contribution < 1.29 is 14.3 Å². The second kappa shape index (κ2) is 6.64. The normalized spacial score (nSPS) is 10.2. The molecule has 0 aliphatic heterocycles. The number of hydrogen-bond acceptors (Lipinski definition) is 5. The zero-order valence-corrected chi connectivity index (χ0v) is 10.7. The van der Waals surface area contributed by atoms with E-state index in [1.807, 2.05) is 0 Å². The van der Waals surface area contributed by atoms with E-state index in [1.54, 1.807) is 0 Å². The van der Waals surface area contributed by atoms with E-state index in [0.717, 1.165) is 6.20 Å². The number of methoxy groups -OCH3 is 1. The van der Waals surface area contributed by atoms with E-state index in [1.165, 1.54) is 14.0 Å². The van der Waals surface area contributed by atoms with E-state index in [4.69, 9.17) is 4.74 Å². The Balaban J connectivity index is 2.92. The monoisotopic (exact) mass is 269 g/mol. The van der Waals surface area contributed by atoms with Crippen molar-refractivity contribution in [3.05, 3.63) is 32.6 Å². The van der Waals surface area contributed by atoms with Crippen molar-refractivity contribution in [3.63, 3.8) is 0 Å². The van der Waals surface area contributed by atoms with Gasteiger partial charge in [0.2, 0.25) is 5.91 Å². The van der Waals surface area contributed by atoms with Gasteiger partial charge in [0.15, 0.2) is 5.78 Å². The number of aromatic nitrogens is 2. The van der Waals surface area contributed by atoms with Crippen LogP contribution in [0.2, 0.25) is 0 Å². The van der Waals surface area contributed by atoms with E-state index in [-0.39, 0.29) is 12.1 Å². The fourth-order valence-corrected chi connectivity index (χ4v) is 1.40. The van der Waals surface area contributed by atoms with Gasteiger partial charge < -0.3 is 15.0 Å². The van der Waals surface area contributed by atoms with Crippen LogP contribution in [0.15, 0.2) is 15.8 Å². The van der Waals surface area contributed by atoms with Gasteiger partial charge in [-0.05, 0) is 6.92 Å². The van der Waals surface area contributed by atoms with Gasteiger partial charge in [-0.15, -0.1) is 0 Å². The Morgan fingerprint density at radius 1 is 1.42 bits per heavy atom. The number of ether oxygens (including phenoxy) is 1. The summed E-state index contributed by atoms with van der Waals surface area (Å²) in [6.45, 7) is 1.36. The molecule has 1 amide bonds. The lowest BCUT2D eigenvalue weighted by molar-refractivity contribution is -0.122. The van der Waals surface area contributed by atoms with E-state index in [0.29, 0.717) is 11.2 Å². The van der Waals surface area contributed by atoms with Crippen LogP contribution in [0.5, 0.6) is 0 Å². The average Bonchev–Trinajstić information content (AvgIpc) is 2.34. The third-order valence-electron chi connectivity index (χ3n) is 2.37. The highest BCUT2D eigenvalue weighted by Gasteiger charge is 2.13. The summed E-state index contributed by atoms with van der Waals surface area (Å²) in [7, 11) is 1.48. The molecule has 104 valence electrons.